The molecule has 0 saturated carbocycles. The van der Waals surface area contributed by atoms with E-state index in [0.29, 0.717) is 11.3 Å². The van der Waals surface area contributed by atoms with E-state index in [1.165, 1.54) is 52.5 Å². The van der Waals surface area contributed by atoms with Crippen LogP contribution in [0.5, 0.6) is 0 Å². The number of halogens is 1. The molecule has 28 heavy (non-hydrogen) atoms. The highest BCUT2D eigenvalue weighted by Crippen LogP contribution is 2.24. The Morgan fingerprint density at radius 1 is 1.11 bits per heavy atom. The van der Waals surface area contributed by atoms with E-state index in [0.717, 1.165) is 19.3 Å². The van der Waals surface area contributed by atoms with Crippen molar-refractivity contribution in [3.05, 3.63) is 83.2 Å². The first-order valence-corrected chi connectivity index (χ1v) is 9.18. The van der Waals surface area contributed by atoms with Gasteiger partial charge < -0.3 is 4.74 Å². The third kappa shape index (κ3) is 3.45. The van der Waals surface area contributed by atoms with Gasteiger partial charge in [0, 0.05) is 11.3 Å². The third-order valence-corrected chi connectivity index (χ3v) is 4.99. The van der Waals surface area contributed by atoms with Crippen molar-refractivity contribution < 1.29 is 18.7 Å². The number of carbonyl (C=O) groups is 2. The van der Waals surface area contributed by atoms with Crippen molar-refractivity contribution in [1.82, 2.24) is 9.55 Å². The average Bonchev–Trinajstić information content (AvgIpc) is 3.36. The van der Waals surface area contributed by atoms with Gasteiger partial charge in [0.2, 0.25) is 5.78 Å². The molecule has 0 N–H and O–H groups in total. The lowest BCUT2D eigenvalue weighted by molar-refractivity contribution is 0.0311. The predicted molar refractivity (Wildman–Crippen MR) is 101 cm³/mol. The molecule has 0 spiro atoms. The zero-order chi connectivity index (χ0) is 19.7. The molecular weight excluding hydrogens is 359 g/mol. The second kappa shape index (κ2) is 7.38. The molecule has 1 aromatic heterocycles. The molecule has 0 fully saturated rings. The van der Waals surface area contributed by atoms with Gasteiger partial charge in [-0.25, -0.2) is 14.2 Å². The number of rotatable bonds is 5. The zero-order valence-corrected chi connectivity index (χ0v) is 15.4. The van der Waals surface area contributed by atoms with Gasteiger partial charge in [0.05, 0.1) is 12.5 Å². The van der Waals surface area contributed by atoms with Crippen LogP contribution in [0, 0.1) is 5.82 Å². The lowest BCUT2D eigenvalue weighted by atomic mass is 10.0. The molecule has 0 saturated heterocycles. The molecule has 0 aliphatic heterocycles. The summed E-state index contributed by atoms with van der Waals surface area (Å²) in [7, 11) is 0. The summed E-state index contributed by atoms with van der Waals surface area (Å²) in [5, 5.41) is 0. The number of ketones is 1. The van der Waals surface area contributed by atoms with Crippen LogP contribution in [-0.2, 0) is 17.6 Å². The van der Waals surface area contributed by atoms with Crippen molar-refractivity contribution in [3.8, 4) is 5.69 Å². The summed E-state index contributed by atoms with van der Waals surface area (Å²) in [6.07, 6.45) is 4.99. The van der Waals surface area contributed by atoms with Gasteiger partial charge in [-0.1, -0.05) is 12.1 Å². The molecule has 0 radical (unpaired) electrons. The maximum absolute atomic E-state index is 13.1. The molecule has 1 aliphatic carbocycles. The lowest BCUT2D eigenvalue weighted by Gasteiger charge is -2.14. The maximum atomic E-state index is 13.1. The molecule has 3 aromatic rings. The molecule has 142 valence electrons. The minimum absolute atomic E-state index is 0.167. The number of fused-ring (bicyclic) bond motifs is 1. The first kappa shape index (κ1) is 18.1. The Morgan fingerprint density at radius 2 is 1.86 bits per heavy atom. The van der Waals surface area contributed by atoms with E-state index in [4.69, 9.17) is 4.74 Å². The second-order valence-corrected chi connectivity index (χ2v) is 6.87. The van der Waals surface area contributed by atoms with Gasteiger partial charge in [0.25, 0.3) is 0 Å². The number of hydrogen-bond donors (Lipinski definition) is 0. The summed E-state index contributed by atoms with van der Waals surface area (Å²) in [6.45, 7) is 1.56. The Bertz CT molecular complexity index is 1040. The number of aromatic nitrogens is 2. The number of esters is 1. The molecule has 0 bridgehead atoms. The van der Waals surface area contributed by atoms with E-state index < -0.39 is 12.1 Å². The van der Waals surface area contributed by atoms with E-state index in [1.807, 2.05) is 12.1 Å². The first-order chi connectivity index (χ1) is 13.5. The summed E-state index contributed by atoms with van der Waals surface area (Å²) in [5.41, 5.74) is 3.76. The van der Waals surface area contributed by atoms with Crippen LogP contribution in [0.2, 0.25) is 0 Å². The van der Waals surface area contributed by atoms with E-state index in [-0.39, 0.29) is 17.3 Å². The van der Waals surface area contributed by atoms with Crippen LogP contribution in [0.1, 0.15) is 45.3 Å². The zero-order valence-electron chi connectivity index (χ0n) is 15.4. The van der Waals surface area contributed by atoms with Crippen molar-refractivity contribution in [1.29, 1.82) is 0 Å². The molecule has 0 amide bonds. The van der Waals surface area contributed by atoms with Crippen molar-refractivity contribution in [3.63, 3.8) is 0 Å². The van der Waals surface area contributed by atoms with E-state index in [1.54, 1.807) is 13.0 Å². The van der Waals surface area contributed by atoms with E-state index >= 15 is 0 Å². The molecule has 5 nitrogen and oxygen atoms in total. The summed E-state index contributed by atoms with van der Waals surface area (Å²) in [4.78, 5) is 29.3. The molecular formula is C22H19FN2O3. The van der Waals surface area contributed by atoms with Gasteiger partial charge in [-0.15, -0.1) is 0 Å². The molecule has 0 unspecified atom stereocenters. The Morgan fingerprint density at radius 3 is 2.64 bits per heavy atom. The average molecular weight is 378 g/mol. The van der Waals surface area contributed by atoms with Gasteiger partial charge in [-0.05, 0) is 67.6 Å². The van der Waals surface area contributed by atoms with Gasteiger partial charge in [0.1, 0.15) is 5.82 Å². The largest absolute Gasteiger partial charge is 0.450 e. The van der Waals surface area contributed by atoms with Gasteiger partial charge in [-0.2, -0.15) is 0 Å². The minimum Gasteiger partial charge on any atom is -0.450 e. The third-order valence-electron chi connectivity index (χ3n) is 4.99. The van der Waals surface area contributed by atoms with E-state index in [9.17, 15) is 14.0 Å². The topological polar surface area (TPSA) is 61.2 Å². The number of benzene rings is 2. The molecule has 4 rings (SSSR count). The Balaban J connectivity index is 1.50. The quantitative estimate of drug-likeness (QED) is 0.499. The summed E-state index contributed by atoms with van der Waals surface area (Å²) < 4.78 is 20.0. The molecule has 1 atom stereocenters. The number of Topliss-reactive ketones (excluding diaryl/α,β-unsaturated/α-hetero) is 1. The van der Waals surface area contributed by atoms with Gasteiger partial charge >= 0.3 is 5.97 Å². The summed E-state index contributed by atoms with van der Waals surface area (Å²) >= 11 is 0. The Kier molecular flexibility index (Phi) is 4.77. The van der Waals surface area contributed by atoms with Crippen LogP contribution in [0.25, 0.3) is 5.69 Å². The molecule has 1 heterocycles. The smallest absolute Gasteiger partial charge is 0.357 e. The van der Waals surface area contributed by atoms with Gasteiger partial charge in [0.15, 0.2) is 11.8 Å². The first-order valence-electron chi connectivity index (χ1n) is 9.18. The fourth-order valence-electron chi connectivity index (χ4n) is 3.49. The predicted octanol–water partition coefficient (Wildman–Crippen LogP) is 3.93. The second-order valence-electron chi connectivity index (χ2n) is 6.87. The SMILES string of the molecule is C[C@H](OC(=O)c1cncn1-c1ccc(F)cc1)C(=O)c1ccc2c(c1)CCC2. The summed E-state index contributed by atoms with van der Waals surface area (Å²) in [5.74, 6) is -1.28. The molecule has 6 heteroatoms. The maximum Gasteiger partial charge on any atom is 0.357 e. The highest BCUT2D eigenvalue weighted by atomic mass is 19.1. The Labute approximate surface area is 161 Å². The van der Waals surface area contributed by atoms with Crippen LogP contribution in [0.3, 0.4) is 0 Å². The monoisotopic (exact) mass is 378 g/mol. The highest BCUT2D eigenvalue weighted by molar-refractivity contribution is 6.01. The molecule has 2 aromatic carbocycles. The number of ether oxygens (including phenoxy) is 1. The van der Waals surface area contributed by atoms with Crippen molar-refractivity contribution in [2.45, 2.75) is 32.3 Å². The highest BCUT2D eigenvalue weighted by Gasteiger charge is 2.24. The normalized spacial score (nSPS) is 13.8. The number of aryl methyl sites for hydroxylation is 2. The fraction of sp³-hybridized carbons (Fsp3) is 0.227. The van der Waals surface area contributed by atoms with Crippen molar-refractivity contribution in [2.75, 3.05) is 0 Å². The van der Waals surface area contributed by atoms with Crippen LogP contribution in [-0.4, -0.2) is 27.4 Å². The Hall–Kier alpha value is -3.28. The number of imidazole rings is 1. The lowest BCUT2D eigenvalue weighted by Crippen LogP contribution is -2.25. The fourth-order valence-corrected chi connectivity index (χ4v) is 3.49. The number of hydrogen-bond acceptors (Lipinski definition) is 4. The number of carbonyl (C=O) groups excluding carboxylic acids is 2. The van der Waals surface area contributed by atoms with Gasteiger partial charge in [-0.3, -0.25) is 9.36 Å². The van der Waals surface area contributed by atoms with Crippen LogP contribution in [0.4, 0.5) is 4.39 Å². The summed E-state index contributed by atoms with van der Waals surface area (Å²) in [6, 6.07) is 11.3. The van der Waals surface area contributed by atoms with E-state index in [2.05, 4.69) is 4.98 Å². The van der Waals surface area contributed by atoms with Crippen LogP contribution >= 0.6 is 0 Å². The number of nitrogens with zero attached hydrogens (tertiary/aromatic N) is 2. The van der Waals surface area contributed by atoms with Crippen molar-refractivity contribution in [2.24, 2.45) is 0 Å². The molecule has 1 aliphatic rings. The standard InChI is InChI=1S/C22H19FN2O3/c1-14(21(26)17-6-5-15-3-2-4-16(15)11-17)28-22(27)20-12-24-13-25(20)19-9-7-18(23)8-10-19/h5-14H,2-4H2,1H3/t14-/m0/s1. The van der Waals surface area contributed by atoms with Crippen molar-refractivity contribution >= 4 is 11.8 Å². The van der Waals surface area contributed by atoms with Crippen LogP contribution < -0.4 is 0 Å². The van der Waals surface area contributed by atoms with Crippen LogP contribution in [0.15, 0.2) is 55.0 Å². The minimum atomic E-state index is -0.927.